The lowest BCUT2D eigenvalue weighted by Crippen LogP contribution is -2.30. The number of rotatable bonds is 2. The van der Waals surface area contributed by atoms with Crippen LogP contribution in [0.15, 0.2) is 48.5 Å². The Morgan fingerprint density at radius 1 is 0.520 bits per heavy atom. The summed E-state index contributed by atoms with van der Waals surface area (Å²) >= 11 is 0. The van der Waals surface area contributed by atoms with Crippen molar-refractivity contribution in [1.29, 1.82) is 0 Å². The van der Waals surface area contributed by atoms with E-state index >= 15 is 0 Å². The summed E-state index contributed by atoms with van der Waals surface area (Å²) in [7, 11) is 0. The van der Waals surface area contributed by atoms with Gasteiger partial charge in [-0.15, -0.1) is 49.6 Å². The van der Waals surface area contributed by atoms with Crippen LogP contribution in [0.4, 0.5) is 22.7 Å². The molecule has 0 amide bonds. The minimum atomic E-state index is 0. The number of halogens is 4. The van der Waals surface area contributed by atoms with Gasteiger partial charge in [-0.25, -0.2) is 0 Å². The van der Waals surface area contributed by atoms with Crippen molar-refractivity contribution in [2.75, 3.05) is 47.4 Å². The van der Waals surface area contributed by atoms with Gasteiger partial charge >= 0.3 is 0 Å². The Kier molecular flexibility index (Phi) is 12.7. The SMILES string of the molecule is Cl.Cl.Cl.Cl.Nc1ccc(N2CCCN(c3ccc(N)cc3)CC2)cc1. The van der Waals surface area contributed by atoms with Crippen molar-refractivity contribution in [3.63, 3.8) is 0 Å². The van der Waals surface area contributed by atoms with Crippen molar-refractivity contribution in [2.45, 2.75) is 6.42 Å². The van der Waals surface area contributed by atoms with Crippen LogP contribution in [0.3, 0.4) is 0 Å². The Balaban J connectivity index is 0. The van der Waals surface area contributed by atoms with Crippen LogP contribution in [-0.4, -0.2) is 26.2 Å². The van der Waals surface area contributed by atoms with E-state index in [4.69, 9.17) is 11.5 Å². The first-order chi connectivity index (χ1) is 10.2. The maximum atomic E-state index is 5.76. The van der Waals surface area contributed by atoms with Crippen molar-refractivity contribution in [3.8, 4) is 0 Å². The first-order valence-electron chi connectivity index (χ1n) is 7.43. The highest BCUT2D eigenvalue weighted by molar-refractivity contribution is 5.86. The Morgan fingerprint density at radius 2 is 0.840 bits per heavy atom. The molecule has 4 nitrogen and oxygen atoms in total. The zero-order valence-electron chi connectivity index (χ0n) is 13.8. The molecule has 0 atom stereocenters. The molecule has 3 rings (SSSR count). The molecule has 1 saturated heterocycles. The minimum absolute atomic E-state index is 0. The molecule has 0 radical (unpaired) electrons. The standard InChI is InChI=1S/C17H22N4.4ClH/c18-14-2-6-16(7-3-14)20-10-1-11-21(13-12-20)17-8-4-15(19)5-9-17;;;;/h2-9H,1,10-13,18-19H2;4*1H. The number of hydrogen-bond acceptors (Lipinski definition) is 4. The average molecular weight is 428 g/mol. The van der Waals surface area contributed by atoms with E-state index in [9.17, 15) is 0 Å². The van der Waals surface area contributed by atoms with Gasteiger partial charge in [-0.3, -0.25) is 0 Å². The van der Waals surface area contributed by atoms with Crippen LogP contribution in [0.5, 0.6) is 0 Å². The van der Waals surface area contributed by atoms with Crippen molar-refractivity contribution < 1.29 is 0 Å². The van der Waals surface area contributed by atoms with E-state index in [-0.39, 0.29) is 49.6 Å². The van der Waals surface area contributed by atoms with Gasteiger partial charge in [-0.1, -0.05) is 0 Å². The molecule has 1 heterocycles. The number of anilines is 4. The Hall–Kier alpha value is -1.20. The predicted molar refractivity (Wildman–Crippen MR) is 120 cm³/mol. The molecular formula is C17H26Cl4N4. The second-order valence-corrected chi connectivity index (χ2v) is 5.51. The number of benzene rings is 2. The summed E-state index contributed by atoms with van der Waals surface area (Å²) in [5.41, 5.74) is 15.7. The first-order valence-corrected chi connectivity index (χ1v) is 7.43. The molecule has 1 aliphatic heterocycles. The summed E-state index contributed by atoms with van der Waals surface area (Å²) in [5, 5.41) is 0. The number of nitrogens with zero attached hydrogens (tertiary/aromatic N) is 2. The van der Waals surface area contributed by atoms with Crippen LogP contribution in [0.2, 0.25) is 0 Å². The van der Waals surface area contributed by atoms with Crippen LogP contribution in [0.1, 0.15) is 6.42 Å². The zero-order chi connectivity index (χ0) is 14.7. The smallest absolute Gasteiger partial charge is 0.0368 e. The minimum Gasteiger partial charge on any atom is -0.399 e. The summed E-state index contributed by atoms with van der Waals surface area (Å²) in [5.74, 6) is 0. The normalized spacial score (nSPS) is 13.3. The fraction of sp³-hybridized carbons (Fsp3) is 0.294. The molecule has 0 aromatic heterocycles. The second kappa shape index (κ2) is 12.2. The van der Waals surface area contributed by atoms with Crippen LogP contribution in [-0.2, 0) is 0 Å². The van der Waals surface area contributed by atoms with Crippen LogP contribution in [0.25, 0.3) is 0 Å². The summed E-state index contributed by atoms with van der Waals surface area (Å²) in [6.45, 7) is 4.20. The van der Waals surface area contributed by atoms with Crippen molar-refractivity contribution in [2.24, 2.45) is 0 Å². The maximum absolute atomic E-state index is 5.76. The summed E-state index contributed by atoms with van der Waals surface area (Å²) in [6, 6.07) is 16.3. The Bertz CT molecular complexity index is 539. The highest BCUT2D eigenvalue weighted by Crippen LogP contribution is 2.21. The molecule has 0 unspecified atom stereocenters. The monoisotopic (exact) mass is 426 g/mol. The molecule has 1 fully saturated rings. The molecule has 8 heteroatoms. The molecule has 2 aromatic rings. The van der Waals surface area contributed by atoms with Gasteiger partial charge in [0.05, 0.1) is 0 Å². The van der Waals surface area contributed by atoms with E-state index in [0.717, 1.165) is 44.0 Å². The van der Waals surface area contributed by atoms with E-state index in [1.807, 2.05) is 24.3 Å². The lowest BCUT2D eigenvalue weighted by atomic mass is 10.2. The van der Waals surface area contributed by atoms with Gasteiger partial charge < -0.3 is 21.3 Å². The lowest BCUT2D eigenvalue weighted by molar-refractivity contribution is 0.806. The van der Waals surface area contributed by atoms with Crippen LogP contribution in [0, 0.1) is 0 Å². The molecule has 0 aliphatic carbocycles. The Labute approximate surface area is 174 Å². The van der Waals surface area contributed by atoms with E-state index in [1.165, 1.54) is 11.4 Å². The maximum Gasteiger partial charge on any atom is 0.0368 e. The van der Waals surface area contributed by atoms with Gasteiger partial charge in [0.2, 0.25) is 0 Å². The molecule has 142 valence electrons. The van der Waals surface area contributed by atoms with Gasteiger partial charge in [-0.2, -0.15) is 0 Å². The molecule has 2 aromatic carbocycles. The fourth-order valence-electron chi connectivity index (χ4n) is 2.80. The van der Waals surface area contributed by atoms with Crippen molar-refractivity contribution in [3.05, 3.63) is 48.5 Å². The second-order valence-electron chi connectivity index (χ2n) is 5.51. The molecule has 1 aliphatic rings. The third kappa shape index (κ3) is 6.90. The summed E-state index contributed by atoms with van der Waals surface area (Å²) < 4.78 is 0. The van der Waals surface area contributed by atoms with E-state index < -0.39 is 0 Å². The average Bonchev–Trinajstić information content (AvgIpc) is 2.75. The largest absolute Gasteiger partial charge is 0.399 e. The van der Waals surface area contributed by atoms with Crippen molar-refractivity contribution >= 4 is 72.4 Å². The lowest BCUT2D eigenvalue weighted by Gasteiger charge is -2.25. The topological polar surface area (TPSA) is 58.5 Å². The van der Waals surface area contributed by atoms with Gasteiger partial charge in [0.15, 0.2) is 0 Å². The third-order valence-electron chi connectivity index (χ3n) is 4.01. The zero-order valence-corrected chi connectivity index (χ0v) is 17.1. The molecular weight excluding hydrogens is 402 g/mol. The van der Waals surface area contributed by atoms with E-state index in [0.29, 0.717) is 0 Å². The predicted octanol–water partition coefficient (Wildman–Crippen LogP) is 4.25. The number of nitrogen functional groups attached to an aromatic ring is 2. The fourth-order valence-corrected chi connectivity index (χ4v) is 2.80. The first kappa shape index (κ1) is 26.0. The summed E-state index contributed by atoms with van der Waals surface area (Å²) in [6.07, 6.45) is 1.15. The quantitative estimate of drug-likeness (QED) is 0.703. The van der Waals surface area contributed by atoms with Gasteiger partial charge in [0.25, 0.3) is 0 Å². The molecule has 0 bridgehead atoms. The number of hydrogen-bond donors (Lipinski definition) is 2. The van der Waals surface area contributed by atoms with E-state index in [2.05, 4.69) is 34.1 Å². The third-order valence-corrected chi connectivity index (χ3v) is 4.01. The van der Waals surface area contributed by atoms with E-state index in [1.54, 1.807) is 0 Å². The molecule has 25 heavy (non-hydrogen) atoms. The highest BCUT2D eigenvalue weighted by atomic mass is 35.5. The van der Waals surface area contributed by atoms with Crippen LogP contribution < -0.4 is 21.3 Å². The molecule has 4 N–H and O–H groups in total. The summed E-state index contributed by atoms with van der Waals surface area (Å²) in [4.78, 5) is 4.85. The highest BCUT2D eigenvalue weighted by Gasteiger charge is 2.15. The molecule has 0 spiro atoms. The van der Waals surface area contributed by atoms with Crippen LogP contribution >= 0.6 is 49.6 Å². The number of nitrogens with two attached hydrogens (primary N) is 2. The Morgan fingerprint density at radius 3 is 1.16 bits per heavy atom. The van der Waals surface area contributed by atoms with Gasteiger partial charge in [0.1, 0.15) is 0 Å². The van der Waals surface area contributed by atoms with Crippen molar-refractivity contribution in [1.82, 2.24) is 0 Å². The van der Waals surface area contributed by atoms with Gasteiger partial charge in [-0.05, 0) is 55.0 Å². The molecule has 0 saturated carbocycles. The van der Waals surface area contributed by atoms with Gasteiger partial charge in [0, 0.05) is 48.9 Å².